The monoisotopic (exact) mass is 207 g/mol. The lowest BCUT2D eigenvalue weighted by atomic mass is 9.82. The first kappa shape index (κ1) is 9.00. The van der Waals surface area contributed by atoms with Crippen LogP contribution in [0.1, 0.15) is 38.5 Å². The molecular formula is C13H21NO. The van der Waals surface area contributed by atoms with Crippen molar-refractivity contribution in [1.82, 2.24) is 4.90 Å². The molecule has 3 unspecified atom stereocenters. The number of likely N-dealkylation sites (tertiary alicyclic amines) is 1. The van der Waals surface area contributed by atoms with Crippen LogP contribution in [0.25, 0.3) is 0 Å². The summed E-state index contributed by atoms with van der Waals surface area (Å²) in [6, 6.07) is 0.940. The molecular weight excluding hydrogens is 186 g/mol. The Hall–Kier alpha value is -0.0800. The SMILES string of the molecule is C1CCC(N2CC3C4CC[C@@H](O4)C3C2)C1. The van der Waals surface area contributed by atoms with Gasteiger partial charge in [-0.05, 0) is 25.7 Å². The van der Waals surface area contributed by atoms with Crippen molar-refractivity contribution in [1.29, 1.82) is 0 Å². The molecule has 2 heteroatoms. The summed E-state index contributed by atoms with van der Waals surface area (Å²) in [4.78, 5) is 2.80. The van der Waals surface area contributed by atoms with Gasteiger partial charge >= 0.3 is 0 Å². The van der Waals surface area contributed by atoms with E-state index in [1.807, 2.05) is 0 Å². The Morgan fingerprint density at radius 3 is 2.00 bits per heavy atom. The van der Waals surface area contributed by atoms with Gasteiger partial charge in [-0.25, -0.2) is 0 Å². The second-order valence-corrected chi connectivity index (χ2v) is 6.01. The van der Waals surface area contributed by atoms with Gasteiger partial charge in [0.1, 0.15) is 0 Å². The van der Waals surface area contributed by atoms with Crippen LogP contribution in [0.4, 0.5) is 0 Å². The predicted octanol–water partition coefficient (Wildman–Crippen LogP) is 2.04. The molecule has 4 atom stereocenters. The van der Waals surface area contributed by atoms with Crippen LogP contribution >= 0.6 is 0 Å². The molecule has 0 spiro atoms. The maximum absolute atomic E-state index is 6.02. The lowest BCUT2D eigenvalue weighted by Gasteiger charge is -2.25. The van der Waals surface area contributed by atoms with Crippen molar-refractivity contribution >= 4 is 0 Å². The molecule has 84 valence electrons. The molecule has 2 bridgehead atoms. The van der Waals surface area contributed by atoms with Crippen LogP contribution in [-0.2, 0) is 4.74 Å². The summed E-state index contributed by atoms with van der Waals surface area (Å²) in [6.45, 7) is 2.72. The minimum atomic E-state index is 0.645. The largest absolute Gasteiger partial charge is 0.374 e. The molecule has 2 nitrogen and oxygen atoms in total. The lowest BCUT2D eigenvalue weighted by Crippen LogP contribution is -2.33. The molecule has 0 amide bonds. The van der Waals surface area contributed by atoms with Gasteiger partial charge in [-0.15, -0.1) is 0 Å². The number of hydrogen-bond acceptors (Lipinski definition) is 2. The first-order valence-corrected chi connectivity index (χ1v) is 6.81. The molecule has 4 rings (SSSR count). The highest BCUT2D eigenvalue weighted by Gasteiger charge is 2.53. The summed E-state index contributed by atoms with van der Waals surface area (Å²) < 4.78 is 6.02. The molecule has 15 heavy (non-hydrogen) atoms. The fourth-order valence-electron chi connectivity index (χ4n) is 4.56. The highest BCUT2D eigenvalue weighted by molar-refractivity contribution is 5.03. The minimum Gasteiger partial charge on any atom is -0.374 e. The average molecular weight is 207 g/mol. The maximum Gasteiger partial charge on any atom is 0.0624 e. The third kappa shape index (κ3) is 1.24. The highest BCUT2D eigenvalue weighted by atomic mass is 16.5. The zero-order valence-electron chi connectivity index (χ0n) is 9.40. The van der Waals surface area contributed by atoms with E-state index in [1.165, 1.54) is 51.6 Å². The van der Waals surface area contributed by atoms with Gasteiger partial charge < -0.3 is 4.74 Å². The number of fused-ring (bicyclic) bond motifs is 5. The van der Waals surface area contributed by atoms with Crippen molar-refractivity contribution in [2.45, 2.75) is 56.8 Å². The van der Waals surface area contributed by atoms with E-state index in [0.29, 0.717) is 12.2 Å². The van der Waals surface area contributed by atoms with Gasteiger partial charge in [0.25, 0.3) is 0 Å². The van der Waals surface area contributed by atoms with Gasteiger partial charge in [0.2, 0.25) is 0 Å². The van der Waals surface area contributed by atoms with E-state index in [1.54, 1.807) is 0 Å². The van der Waals surface area contributed by atoms with Crippen LogP contribution in [0.3, 0.4) is 0 Å². The normalized spacial score (nSPS) is 50.4. The maximum atomic E-state index is 6.02. The van der Waals surface area contributed by atoms with Crippen molar-refractivity contribution < 1.29 is 4.74 Å². The van der Waals surface area contributed by atoms with Crippen LogP contribution in [0.5, 0.6) is 0 Å². The third-order valence-corrected chi connectivity index (χ3v) is 5.32. The Morgan fingerprint density at radius 2 is 1.40 bits per heavy atom. The Labute approximate surface area is 92.0 Å². The number of rotatable bonds is 1. The molecule has 3 aliphatic heterocycles. The highest BCUT2D eigenvalue weighted by Crippen LogP contribution is 2.48. The van der Waals surface area contributed by atoms with Crippen LogP contribution in [0.15, 0.2) is 0 Å². The number of ether oxygens (including phenoxy) is 1. The molecule has 3 saturated heterocycles. The standard InChI is InChI=1S/C13H21NO/c1-2-4-9(3-1)14-7-10-11(8-14)13-6-5-12(10)15-13/h9-13H,1-8H2/t10?,11?,12-,13?/m1/s1. The molecule has 3 heterocycles. The summed E-state index contributed by atoms with van der Waals surface area (Å²) in [5, 5.41) is 0. The molecule has 0 radical (unpaired) electrons. The summed E-state index contributed by atoms with van der Waals surface area (Å²) in [7, 11) is 0. The molecule has 1 saturated carbocycles. The third-order valence-electron chi connectivity index (χ3n) is 5.32. The van der Waals surface area contributed by atoms with Gasteiger partial charge in [0.05, 0.1) is 12.2 Å². The van der Waals surface area contributed by atoms with Crippen molar-refractivity contribution in [3.05, 3.63) is 0 Å². The lowest BCUT2D eigenvalue weighted by molar-refractivity contribution is 0.0646. The fraction of sp³-hybridized carbons (Fsp3) is 1.00. The van der Waals surface area contributed by atoms with E-state index in [-0.39, 0.29) is 0 Å². The number of hydrogen-bond donors (Lipinski definition) is 0. The Morgan fingerprint density at radius 1 is 0.800 bits per heavy atom. The van der Waals surface area contributed by atoms with Crippen molar-refractivity contribution in [3.63, 3.8) is 0 Å². The van der Waals surface area contributed by atoms with Crippen molar-refractivity contribution in [2.24, 2.45) is 11.8 Å². The first-order chi connectivity index (χ1) is 7.42. The van der Waals surface area contributed by atoms with E-state index in [4.69, 9.17) is 4.74 Å². The zero-order valence-corrected chi connectivity index (χ0v) is 9.40. The van der Waals surface area contributed by atoms with Gasteiger partial charge in [0.15, 0.2) is 0 Å². The molecule has 0 aromatic heterocycles. The van der Waals surface area contributed by atoms with E-state index < -0.39 is 0 Å². The topological polar surface area (TPSA) is 12.5 Å². The molecule has 0 aromatic carbocycles. The summed E-state index contributed by atoms with van der Waals surface area (Å²) >= 11 is 0. The Bertz CT molecular complexity index is 243. The van der Waals surface area contributed by atoms with Crippen LogP contribution in [-0.4, -0.2) is 36.2 Å². The Kier molecular flexibility index (Phi) is 1.92. The Balaban J connectivity index is 1.49. The molecule has 4 aliphatic rings. The summed E-state index contributed by atoms with van der Waals surface area (Å²) in [6.07, 6.45) is 9.87. The average Bonchev–Trinajstić information content (AvgIpc) is 3.02. The summed E-state index contributed by atoms with van der Waals surface area (Å²) in [5.41, 5.74) is 0. The molecule has 1 aliphatic carbocycles. The van der Waals surface area contributed by atoms with E-state index in [2.05, 4.69) is 4.90 Å². The second-order valence-electron chi connectivity index (χ2n) is 6.01. The van der Waals surface area contributed by atoms with E-state index in [9.17, 15) is 0 Å². The second kappa shape index (κ2) is 3.21. The van der Waals surface area contributed by atoms with Crippen molar-refractivity contribution in [3.8, 4) is 0 Å². The van der Waals surface area contributed by atoms with Crippen LogP contribution < -0.4 is 0 Å². The van der Waals surface area contributed by atoms with Crippen molar-refractivity contribution in [2.75, 3.05) is 13.1 Å². The van der Waals surface area contributed by atoms with Crippen LogP contribution in [0.2, 0.25) is 0 Å². The minimum absolute atomic E-state index is 0.645. The molecule has 0 N–H and O–H groups in total. The van der Waals surface area contributed by atoms with E-state index in [0.717, 1.165) is 17.9 Å². The fourth-order valence-corrected chi connectivity index (χ4v) is 4.56. The quantitative estimate of drug-likeness (QED) is 0.652. The molecule has 0 aromatic rings. The first-order valence-electron chi connectivity index (χ1n) is 6.81. The van der Waals surface area contributed by atoms with Gasteiger partial charge in [0, 0.05) is 31.0 Å². The summed E-state index contributed by atoms with van der Waals surface area (Å²) in [5.74, 6) is 1.81. The van der Waals surface area contributed by atoms with Gasteiger partial charge in [-0.3, -0.25) is 4.90 Å². The number of nitrogens with zero attached hydrogens (tertiary/aromatic N) is 1. The van der Waals surface area contributed by atoms with Gasteiger partial charge in [-0.1, -0.05) is 12.8 Å². The smallest absolute Gasteiger partial charge is 0.0624 e. The predicted molar refractivity (Wildman–Crippen MR) is 58.7 cm³/mol. The van der Waals surface area contributed by atoms with Crippen LogP contribution in [0, 0.1) is 11.8 Å². The zero-order chi connectivity index (χ0) is 9.83. The van der Waals surface area contributed by atoms with E-state index >= 15 is 0 Å². The molecule has 4 fully saturated rings. The van der Waals surface area contributed by atoms with Gasteiger partial charge in [-0.2, -0.15) is 0 Å².